The van der Waals surface area contributed by atoms with Gasteiger partial charge in [0.2, 0.25) is 0 Å². The van der Waals surface area contributed by atoms with Gasteiger partial charge in [0.05, 0.1) is 6.04 Å². The first-order valence-corrected chi connectivity index (χ1v) is 5.88. The van der Waals surface area contributed by atoms with Crippen molar-refractivity contribution in [2.24, 2.45) is 0 Å². The molecule has 7 nitrogen and oxygen atoms in total. The number of nitrogens with one attached hydrogen (secondary N) is 1. The molecular weight excluding hydrogens is 302 g/mol. The van der Waals surface area contributed by atoms with Gasteiger partial charge in [0.1, 0.15) is 6.33 Å². The van der Waals surface area contributed by atoms with Crippen molar-refractivity contribution >= 4 is 22.0 Å². The molecule has 1 atom stereocenters. The number of rotatable bonds is 3. The Balaban J connectivity index is 2.32. The molecule has 0 saturated carbocycles. The molecule has 0 saturated heterocycles. The molecule has 1 amide bonds. The molecule has 0 spiro atoms. The Bertz CT molecular complexity index is 554. The van der Waals surface area contributed by atoms with Gasteiger partial charge in [0.15, 0.2) is 11.6 Å². The van der Waals surface area contributed by atoms with Crippen LogP contribution in [0.1, 0.15) is 18.8 Å². The van der Waals surface area contributed by atoms with Crippen molar-refractivity contribution in [3.63, 3.8) is 0 Å². The average molecular weight is 312 g/mol. The molecule has 2 N–H and O–H groups in total. The van der Waals surface area contributed by atoms with Gasteiger partial charge in [0.25, 0.3) is 0 Å². The van der Waals surface area contributed by atoms with E-state index in [0.717, 1.165) is 4.47 Å². The molecule has 94 valence electrons. The molecule has 0 bridgehead atoms. The number of nitrogens with zero attached hydrogens (tertiary/aromatic N) is 4. The Morgan fingerprint density at radius 2 is 2.28 bits per heavy atom. The summed E-state index contributed by atoms with van der Waals surface area (Å²) >= 11 is 3.29. The van der Waals surface area contributed by atoms with Crippen molar-refractivity contribution in [3.8, 4) is 5.82 Å². The van der Waals surface area contributed by atoms with Crippen molar-refractivity contribution in [1.29, 1.82) is 0 Å². The van der Waals surface area contributed by atoms with Crippen LogP contribution in [0.15, 0.2) is 29.1 Å². The molecule has 18 heavy (non-hydrogen) atoms. The first-order chi connectivity index (χ1) is 8.58. The summed E-state index contributed by atoms with van der Waals surface area (Å²) in [6.07, 6.45) is 1.88. The molecule has 0 aromatic carbocycles. The zero-order valence-corrected chi connectivity index (χ0v) is 11.0. The fourth-order valence-electron chi connectivity index (χ4n) is 1.47. The monoisotopic (exact) mass is 311 g/mol. The lowest BCUT2D eigenvalue weighted by Crippen LogP contribution is -2.27. The van der Waals surface area contributed by atoms with Crippen molar-refractivity contribution in [2.75, 3.05) is 0 Å². The lowest BCUT2D eigenvalue weighted by Gasteiger charge is -2.11. The summed E-state index contributed by atoms with van der Waals surface area (Å²) in [4.78, 5) is 18.8. The lowest BCUT2D eigenvalue weighted by atomic mass is 10.3. The summed E-state index contributed by atoms with van der Waals surface area (Å²) in [5, 5.41) is 15.1. The SMILES string of the molecule is CC(NC(=O)O)c1ncnn1-c1ccc(Br)cn1. The Hall–Kier alpha value is -1.96. The number of amides is 1. The van der Waals surface area contributed by atoms with Gasteiger partial charge in [-0.05, 0) is 35.0 Å². The highest BCUT2D eigenvalue weighted by molar-refractivity contribution is 9.10. The van der Waals surface area contributed by atoms with Gasteiger partial charge in [-0.25, -0.2) is 14.8 Å². The zero-order chi connectivity index (χ0) is 13.1. The molecule has 1 unspecified atom stereocenters. The Morgan fingerprint density at radius 3 is 2.89 bits per heavy atom. The Kier molecular flexibility index (Phi) is 3.56. The second kappa shape index (κ2) is 5.13. The minimum Gasteiger partial charge on any atom is -0.465 e. The van der Waals surface area contributed by atoms with E-state index in [1.807, 2.05) is 6.07 Å². The topological polar surface area (TPSA) is 92.9 Å². The minimum atomic E-state index is -1.11. The largest absolute Gasteiger partial charge is 0.465 e. The summed E-state index contributed by atoms with van der Waals surface area (Å²) in [7, 11) is 0. The van der Waals surface area contributed by atoms with Gasteiger partial charge in [-0.3, -0.25) is 0 Å². The highest BCUT2D eigenvalue weighted by Gasteiger charge is 2.16. The summed E-state index contributed by atoms with van der Waals surface area (Å²) in [6, 6.07) is 3.11. The predicted octanol–water partition coefficient (Wildman–Crippen LogP) is 1.75. The molecule has 2 rings (SSSR count). The minimum absolute atomic E-state index is 0.476. The van der Waals surface area contributed by atoms with Crippen LogP contribution in [0.5, 0.6) is 0 Å². The molecule has 0 aliphatic rings. The number of carbonyl (C=O) groups is 1. The van der Waals surface area contributed by atoms with Crippen LogP contribution in [-0.4, -0.2) is 30.9 Å². The van der Waals surface area contributed by atoms with E-state index >= 15 is 0 Å². The number of hydrogen-bond acceptors (Lipinski definition) is 4. The third-order valence-corrected chi connectivity index (χ3v) is 2.70. The van der Waals surface area contributed by atoms with Crippen LogP contribution < -0.4 is 5.32 Å². The van der Waals surface area contributed by atoms with Gasteiger partial charge in [-0.1, -0.05) is 0 Å². The second-order valence-corrected chi connectivity index (χ2v) is 4.45. The van der Waals surface area contributed by atoms with Gasteiger partial charge in [-0.15, -0.1) is 0 Å². The van der Waals surface area contributed by atoms with Crippen LogP contribution >= 0.6 is 15.9 Å². The van der Waals surface area contributed by atoms with E-state index in [9.17, 15) is 4.79 Å². The van der Waals surface area contributed by atoms with Gasteiger partial charge in [-0.2, -0.15) is 9.78 Å². The van der Waals surface area contributed by atoms with Crippen LogP contribution in [0.25, 0.3) is 5.82 Å². The smallest absolute Gasteiger partial charge is 0.405 e. The van der Waals surface area contributed by atoms with Crippen molar-refractivity contribution in [2.45, 2.75) is 13.0 Å². The van der Waals surface area contributed by atoms with Gasteiger partial charge >= 0.3 is 6.09 Å². The molecule has 2 heterocycles. The van der Waals surface area contributed by atoms with E-state index in [-0.39, 0.29) is 0 Å². The van der Waals surface area contributed by atoms with E-state index in [1.165, 1.54) is 11.0 Å². The van der Waals surface area contributed by atoms with E-state index < -0.39 is 12.1 Å². The fraction of sp³-hybridized carbons (Fsp3) is 0.200. The van der Waals surface area contributed by atoms with Crippen molar-refractivity contribution in [3.05, 3.63) is 35.0 Å². The molecule has 2 aromatic heterocycles. The first-order valence-electron chi connectivity index (χ1n) is 5.09. The van der Waals surface area contributed by atoms with E-state index in [2.05, 4.69) is 36.3 Å². The molecule has 0 aliphatic carbocycles. The second-order valence-electron chi connectivity index (χ2n) is 3.54. The van der Waals surface area contributed by atoms with Crippen molar-refractivity contribution in [1.82, 2.24) is 25.1 Å². The van der Waals surface area contributed by atoms with E-state index in [0.29, 0.717) is 11.6 Å². The summed E-state index contributed by atoms with van der Waals surface area (Å²) in [6.45, 7) is 1.69. The van der Waals surface area contributed by atoms with Gasteiger partial charge in [0, 0.05) is 10.7 Å². The summed E-state index contributed by atoms with van der Waals surface area (Å²) in [5.41, 5.74) is 0. The summed E-state index contributed by atoms with van der Waals surface area (Å²) in [5.74, 6) is 1.05. The molecule has 0 aliphatic heterocycles. The highest BCUT2D eigenvalue weighted by atomic mass is 79.9. The number of carboxylic acid groups (broad SMARTS) is 1. The van der Waals surface area contributed by atoms with Crippen LogP contribution in [0.4, 0.5) is 4.79 Å². The number of hydrogen-bond donors (Lipinski definition) is 2. The Labute approximate surface area is 111 Å². The number of pyridine rings is 1. The molecule has 8 heteroatoms. The summed E-state index contributed by atoms with van der Waals surface area (Å²) < 4.78 is 2.34. The molecule has 2 aromatic rings. The third kappa shape index (κ3) is 2.65. The van der Waals surface area contributed by atoms with Crippen LogP contribution in [-0.2, 0) is 0 Å². The quantitative estimate of drug-likeness (QED) is 0.900. The van der Waals surface area contributed by atoms with Gasteiger partial charge < -0.3 is 10.4 Å². The maximum atomic E-state index is 10.6. The average Bonchev–Trinajstić information content (AvgIpc) is 2.78. The maximum Gasteiger partial charge on any atom is 0.405 e. The Morgan fingerprint density at radius 1 is 1.50 bits per heavy atom. The molecular formula is C10H10BrN5O2. The molecule has 0 radical (unpaired) electrons. The van der Waals surface area contributed by atoms with Crippen molar-refractivity contribution < 1.29 is 9.90 Å². The predicted molar refractivity (Wildman–Crippen MR) is 66.4 cm³/mol. The van der Waals surface area contributed by atoms with Crippen LogP contribution in [0.2, 0.25) is 0 Å². The maximum absolute atomic E-state index is 10.6. The molecule has 0 fully saturated rings. The highest BCUT2D eigenvalue weighted by Crippen LogP contribution is 2.15. The standard InChI is InChI=1S/C10H10BrN5O2/c1-6(15-10(17)18)9-13-5-14-16(9)8-3-2-7(11)4-12-8/h2-6,15H,1H3,(H,17,18). The normalized spacial score (nSPS) is 12.1. The van der Waals surface area contributed by atoms with E-state index in [1.54, 1.807) is 19.2 Å². The zero-order valence-electron chi connectivity index (χ0n) is 9.41. The lowest BCUT2D eigenvalue weighted by molar-refractivity contribution is 0.190. The van der Waals surface area contributed by atoms with Crippen LogP contribution in [0.3, 0.4) is 0 Å². The number of halogens is 1. The fourth-order valence-corrected chi connectivity index (χ4v) is 1.70. The van der Waals surface area contributed by atoms with E-state index in [4.69, 9.17) is 5.11 Å². The van der Waals surface area contributed by atoms with Crippen LogP contribution in [0, 0.1) is 0 Å². The third-order valence-electron chi connectivity index (χ3n) is 2.23. The first kappa shape index (κ1) is 12.5. The number of aromatic nitrogens is 4.